The molecule has 0 aromatic heterocycles. The van der Waals surface area contributed by atoms with Crippen LogP contribution in [0.5, 0.6) is 0 Å². The number of rotatable bonds is 4. The number of aliphatic carboxylic acids is 1. The molecule has 0 radical (unpaired) electrons. The van der Waals surface area contributed by atoms with Crippen LogP contribution in [0.2, 0.25) is 0 Å². The van der Waals surface area contributed by atoms with Crippen LogP contribution in [0.1, 0.15) is 6.92 Å². The van der Waals surface area contributed by atoms with Crippen molar-refractivity contribution < 1.29 is 18.3 Å². The summed E-state index contributed by atoms with van der Waals surface area (Å²) in [5.74, 6) is -1.02. The Kier molecular flexibility index (Phi) is 3.80. The fourth-order valence-electron chi connectivity index (χ4n) is 1.47. The van der Waals surface area contributed by atoms with Crippen molar-refractivity contribution in [1.29, 1.82) is 0 Å². The Bertz CT molecular complexity index is 365. The van der Waals surface area contributed by atoms with Crippen molar-refractivity contribution in [2.75, 3.05) is 11.5 Å². The topological polar surface area (TPSA) is 74.7 Å². The summed E-state index contributed by atoms with van der Waals surface area (Å²) in [7, 11) is -3.54. The highest BCUT2D eigenvalue weighted by molar-refractivity contribution is 8.01. The first-order valence-electron chi connectivity index (χ1n) is 4.36. The number of carboxylic acid groups (broad SMARTS) is 1. The van der Waals surface area contributed by atoms with Crippen LogP contribution in [0.15, 0.2) is 12.7 Å². The SMILES string of the molecule is C=CCS(=O)(=O)N1C(C)SCC1C(=O)O. The molecule has 0 amide bonds. The van der Waals surface area contributed by atoms with Gasteiger partial charge in [0.15, 0.2) is 0 Å². The molecule has 0 aromatic rings. The number of hydrogen-bond acceptors (Lipinski definition) is 4. The van der Waals surface area contributed by atoms with E-state index in [-0.39, 0.29) is 11.1 Å². The van der Waals surface area contributed by atoms with Gasteiger partial charge in [-0.25, -0.2) is 8.42 Å². The molecule has 1 fully saturated rings. The lowest BCUT2D eigenvalue weighted by atomic mass is 10.3. The minimum absolute atomic E-state index is 0.221. The van der Waals surface area contributed by atoms with Crippen LogP contribution in [0.25, 0.3) is 0 Å². The largest absolute Gasteiger partial charge is 0.480 e. The average molecular weight is 251 g/mol. The van der Waals surface area contributed by atoms with Gasteiger partial charge >= 0.3 is 5.97 Å². The number of carbonyl (C=O) groups is 1. The fraction of sp³-hybridized carbons (Fsp3) is 0.625. The van der Waals surface area contributed by atoms with Crippen molar-refractivity contribution >= 4 is 27.8 Å². The molecule has 1 aliphatic rings. The Morgan fingerprint density at radius 1 is 1.73 bits per heavy atom. The Morgan fingerprint density at radius 2 is 2.33 bits per heavy atom. The van der Waals surface area contributed by atoms with Crippen LogP contribution in [-0.2, 0) is 14.8 Å². The summed E-state index contributed by atoms with van der Waals surface area (Å²) in [6.07, 6.45) is 1.27. The molecule has 1 rings (SSSR count). The molecule has 1 saturated heterocycles. The molecule has 0 aromatic carbocycles. The monoisotopic (exact) mass is 251 g/mol. The van der Waals surface area contributed by atoms with Gasteiger partial charge in [-0.15, -0.1) is 18.3 Å². The molecular weight excluding hydrogens is 238 g/mol. The minimum Gasteiger partial charge on any atom is -0.480 e. The summed E-state index contributed by atoms with van der Waals surface area (Å²) >= 11 is 1.33. The molecule has 5 nitrogen and oxygen atoms in total. The van der Waals surface area contributed by atoms with Gasteiger partial charge in [0.2, 0.25) is 10.0 Å². The van der Waals surface area contributed by atoms with Gasteiger partial charge in [0.1, 0.15) is 6.04 Å². The predicted molar refractivity (Wildman–Crippen MR) is 59.2 cm³/mol. The lowest BCUT2D eigenvalue weighted by molar-refractivity contribution is -0.140. The van der Waals surface area contributed by atoms with E-state index >= 15 is 0 Å². The van der Waals surface area contributed by atoms with E-state index < -0.39 is 22.0 Å². The van der Waals surface area contributed by atoms with E-state index in [4.69, 9.17) is 5.11 Å². The molecule has 2 unspecified atom stereocenters. The summed E-state index contributed by atoms with van der Waals surface area (Å²) in [4.78, 5) is 10.9. The number of carboxylic acids is 1. The maximum atomic E-state index is 11.7. The van der Waals surface area contributed by atoms with Gasteiger partial charge in [-0.05, 0) is 6.92 Å². The van der Waals surface area contributed by atoms with Crippen molar-refractivity contribution in [1.82, 2.24) is 4.31 Å². The average Bonchev–Trinajstić information content (AvgIpc) is 2.47. The fourth-order valence-corrected chi connectivity index (χ4v) is 4.67. The van der Waals surface area contributed by atoms with Gasteiger partial charge in [-0.3, -0.25) is 4.79 Å². The van der Waals surface area contributed by atoms with Crippen LogP contribution in [0, 0.1) is 0 Å². The number of thioether (sulfide) groups is 1. The molecular formula is C8H13NO4S2. The van der Waals surface area contributed by atoms with E-state index in [1.807, 2.05) is 0 Å². The molecule has 15 heavy (non-hydrogen) atoms. The first-order valence-corrected chi connectivity index (χ1v) is 7.02. The lowest BCUT2D eigenvalue weighted by Crippen LogP contribution is -2.45. The van der Waals surface area contributed by atoms with E-state index in [1.165, 1.54) is 17.8 Å². The summed E-state index contributed by atoms with van der Waals surface area (Å²) in [5, 5.41) is 8.56. The molecule has 0 bridgehead atoms. The Morgan fingerprint density at radius 3 is 2.80 bits per heavy atom. The maximum Gasteiger partial charge on any atom is 0.322 e. The third-order valence-corrected chi connectivity index (χ3v) is 5.32. The van der Waals surface area contributed by atoms with Crippen molar-refractivity contribution in [3.8, 4) is 0 Å². The lowest BCUT2D eigenvalue weighted by Gasteiger charge is -2.23. The second-order valence-electron chi connectivity index (χ2n) is 3.18. The predicted octanol–water partition coefficient (Wildman–Crippen LogP) is 0.350. The summed E-state index contributed by atoms with van der Waals surface area (Å²) in [6.45, 7) is 5.04. The quantitative estimate of drug-likeness (QED) is 0.730. The summed E-state index contributed by atoms with van der Waals surface area (Å²) in [6, 6.07) is -0.949. The van der Waals surface area contributed by atoms with Crippen molar-refractivity contribution in [2.24, 2.45) is 0 Å². The van der Waals surface area contributed by atoms with Crippen molar-refractivity contribution in [3.05, 3.63) is 12.7 Å². The number of sulfonamides is 1. The molecule has 0 spiro atoms. The van der Waals surface area contributed by atoms with E-state index in [0.29, 0.717) is 5.75 Å². The highest BCUT2D eigenvalue weighted by Crippen LogP contribution is 2.31. The van der Waals surface area contributed by atoms with E-state index in [1.54, 1.807) is 6.92 Å². The Hall–Kier alpha value is -0.530. The Labute approximate surface area is 93.2 Å². The maximum absolute atomic E-state index is 11.7. The third-order valence-electron chi connectivity index (χ3n) is 2.10. The number of hydrogen-bond donors (Lipinski definition) is 1. The molecule has 1 aliphatic heterocycles. The summed E-state index contributed by atoms with van der Waals surface area (Å²) < 4.78 is 24.5. The number of nitrogens with zero attached hydrogens (tertiary/aromatic N) is 1. The molecule has 0 saturated carbocycles. The summed E-state index contributed by atoms with van der Waals surface area (Å²) in [5.41, 5.74) is 0. The highest BCUT2D eigenvalue weighted by Gasteiger charge is 2.43. The molecule has 2 atom stereocenters. The first kappa shape index (κ1) is 12.5. The first-order chi connectivity index (χ1) is 6.90. The third kappa shape index (κ3) is 2.53. The van der Waals surface area contributed by atoms with E-state index in [2.05, 4.69) is 6.58 Å². The zero-order valence-electron chi connectivity index (χ0n) is 8.29. The molecule has 1 N–H and O–H groups in total. The van der Waals surface area contributed by atoms with Gasteiger partial charge in [0.25, 0.3) is 0 Å². The highest BCUT2D eigenvalue weighted by atomic mass is 32.2. The van der Waals surface area contributed by atoms with Gasteiger partial charge in [0.05, 0.1) is 11.1 Å². The van der Waals surface area contributed by atoms with E-state index in [9.17, 15) is 13.2 Å². The Balaban J connectivity index is 2.99. The van der Waals surface area contributed by atoms with Gasteiger partial charge in [-0.1, -0.05) is 6.08 Å². The minimum atomic E-state index is -3.54. The van der Waals surface area contributed by atoms with Crippen LogP contribution in [-0.4, -0.2) is 46.7 Å². The zero-order valence-corrected chi connectivity index (χ0v) is 9.92. The van der Waals surface area contributed by atoms with Gasteiger partial charge in [-0.2, -0.15) is 4.31 Å². The van der Waals surface area contributed by atoms with Crippen LogP contribution in [0.3, 0.4) is 0 Å². The van der Waals surface area contributed by atoms with Crippen LogP contribution < -0.4 is 0 Å². The molecule has 86 valence electrons. The molecule has 7 heteroatoms. The van der Waals surface area contributed by atoms with Crippen molar-refractivity contribution in [2.45, 2.75) is 18.3 Å². The second-order valence-corrected chi connectivity index (χ2v) is 6.45. The normalized spacial score (nSPS) is 27.8. The zero-order chi connectivity index (χ0) is 11.6. The molecule has 1 heterocycles. The van der Waals surface area contributed by atoms with Gasteiger partial charge in [0, 0.05) is 5.75 Å². The van der Waals surface area contributed by atoms with Crippen molar-refractivity contribution in [3.63, 3.8) is 0 Å². The second kappa shape index (κ2) is 4.54. The van der Waals surface area contributed by atoms with E-state index in [0.717, 1.165) is 4.31 Å². The van der Waals surface area contributed by atoms with Crippen LogP contribution in [0.4, 0.5) is 0 Å². The smallest absolute Gasteiger partial charge is 0.322 e. The molecule has 0 aliphatic carbocycles. The van der Waals surface area contributed by atoms with Crippen LogP contribution >= 0.6 is 11.8 Å². The standard InChI is InChI=1S/C8H13NO4S2/c1-3-4-15(12,13)9-6(2)14-5-7(9)8(10)11/h3,6-7H,1,4-5H2,2H3,(H,10,11). The van der Waals surface area contributed by atoms with Gasteiger partial charge < -0.3 is 5.11 Å².